The molecule has 0 unspecified atom stereocenters. The van der Waals surface area contributed by atoms with Gasteiger partial charge in [-0.3, -0.25) is 4.90 Å². The Labute approximate surface area is 191 Å². The molecule has 8 nitrogen and oxygen atoms in total. The summed E-state index contributed by atoms with van der Waals surface area (Å²) in [5.74, 6) is 3.33. The minimum Gasteiger partial charge on any atom is -0.379 e. The molecule has 8 heteroatoms. The number of nitrogens with one attached hydrogen (secondary N) is 2. The largest absolute Gasteiger partial charge is 0.379 e. The summed E-state index contributed by atoms with van der Waals surface area (Å²) in [6.07, 6.45) is 4.75. The number of morpholine rings is 1. The van der Waals surface area contributed by atoms with E-state index in [9.17, 15) is 0 Å². The minimum atomic E-state index is 0.450. The number of rotatable bonds is 7. The van der Waals surface area contributed by atoms with Crippen LogP contribution >= 0.6 is 0 Å². The zero-order chi connectivity index (χ0) is 22.2. The van der Waals surface area contributed by atoms with E-state index < -0.39 is 0 Å². The maximum Gasteiger partial charge on any atom is 0.191 e. The summed E-state index contributed by atoms with van der Waals surface area (Å²) in [5.41, 5.74) is 1.47. The van der Waals surface area contributed by atoms with E-state index in [4.69, 9.17) is 9.73 Å². The average Bonchev–Trinajstić information content (AvgIpc) is 3.16. The van der Waals surface area contributed by atoms with Gasteiger partial charge in [-0.05, 0) is 44.1 Å². The first-order valence-corrected chi connectivity index (χ1v) is 11.9. The quantitative estimate of drug-likeness (QED) is 0.509. The van der Waals surface area contributed by atoms with Crippen LogP contribution in [-0.4, -0.2) is 71.1 Å². The summed E-state index contributed by atoms with van der Waals surface area (Å²) in [6, 6.07) is 11.4. The molecule has 32 heavy (non-hydrogen) atoms. The fraction of sp³-hybridized carbons (Fsp3) is 0.625. The molecule has 0 atom stereocenters. The van der Waals surface area contributed by atoms with Crippen LogP contribution in [0, 0.1) is 6.92 Å². The molecule has 1 saturated carbocycles. The molecule has 1 saturated heterocycles. The zero-order valence-corrected chi connectivity index (χ0v) is 19.5. The van der Waals surface area contributed by atoms with Crippen LogP contribution in [0.3, 0.4) is 0 Å². The van der Waals surface area contributed by atoms with E-state index in [1.807, 2.05) is 18.5 Å². The number of ether oxygens (including phenoxy) is 1. The Hall–Kier alpha value is -2.45. The highest BCUT2D eigenvalue weighted by Gasteiger charge is 2.23. The first-order chi connectivity index (χ1) is 15.7. The first-order valence-electron chi connectivity index (χ1n) is 11.9. The monoisotopic (exact) mass is 439 g/mol. The summed E-state index contributed by atoms with van der Waals surface area (Å²) in [4.78, 5) is 7.29. The smallest absolute Gasteiger partial charge is 0.191 e. The topological polar surface area (TPSA) is 79.6 Å². The Morgan fingerprint density at radius 2 is 1.84 bits per heavy atom. The zero-order valence-electron chi connectivity index (χ0n) is 19.5. The van der Waals surface area contributed by atoms with Gasteiger partial charge in [0.05, 0.1) is 13.2 Å². The molecular formula is C24H37N7O. The average molecular weight is 440 g/mol. The second kappa shape index (κ2) is 11.4. The highest BCUT2D eigenvalue weighted by molar-refractivity contribution is 5.80. The summed E-state index contributed by atoms with van der Waals surface area (Å²) in [6.45, 7) is 8.00. The molecule has 0 radical (unpaired) electrons. The van der Waals surface area contributed by atoms with E-state index in [1.54, 1.807) is 0 Å². The summed E-state index contributed by atoms with van der Waals surface area (Å²) in [5, 5.41) is 15.7. The van der Waals surface area contributed by atoms with Crippen LogP contribution in [0.2, 0.25) is 0 Å². The highest BCUT2D eigenvalue weighted by Crippen LogP contribution is 2.32. The Bertz CT molecular complexity index is 852. The van der Waals surface area contributed by atoms with E-state index in [0.717, 1.165) is 69.8 Å². The molecular weight excluding hydrogens is 402 g/mol. The molecule has 2 N–H and O–H groups in total. The number of aliphatic imine (C=N–C) groups is 1. The van der Waals surface area contributed by atoms with Crippen molar-refractivity contribution in [1.29, 1.82) is 0 Å². The second-order valence-electron chi connectivity index (χ2n) is 8.87. The van der Waals surface area contributed by atoms with Crippen LogP contribution in [0.5, 0.6) is 0 Å². The van der Waals surface area contributed by atoms with Crippen molar-refractivity contribution >= 4 is 5.96 Å². The SMILES string of the molecule is Cc1nnc(CN=C(NCCN2CCOCC2)NC2CCC(c3ccccc3)CC2)n1C. The molecule has 4 rings (SSSR count). The van der Waals surface area contributed by atoms with Crippen LogP contribution in [-0.2, 0) is 18.3 Å². The number of guanidine groups is 1. The van der Waals surface area contributed by atoms with Gasteiger partial charge >= 0.3 is 0 Å². The van der Waals surface area contributed by atoms with Crippen molar-refractivity contribution in [2.24, 2.45) is 12.0 Å². The lowest BCUT2D eigenvalue weighted by atomic mass is 9.82. The lowest BCUT2D eigenvalue weighted by Crippen LogP contribution is -2.47. The molecule has 1 aromatic carbocycles. The normalized spacial score (nSPS) is 22.6. The van der Waals surface area contributed by atoms with Crippen LogP contribution < -0.4 is 10.6 Å². The predicted molar refractivity (Wildman–Crippen MR) is 127 cm³/mol. The van der Waals surface area contributed by atoms with E-state index in [0.29, 0.717) is 18.5 Å². The maximum atomic E-state index is 5.46. The minimum absolute atomic E-state index is 0.450. The van der Waals surface area contributed by atoms with Crippen molar-refractivity contribution in [3.05, 3.63) is 47.5 Å². The van der Waals surface area contributed by atoms with Gasteiger partial charge in [0.25, 0.3) is 0 Å². The molecule has 0 spiro atoms. The molecule has 1 aliphatic carbocycles. The maximum absolute atomic E-state index is 5.46. The van der Waals surface area contributed by atoms with Gasteiger partial charge in [0.15, 0.2) is 11.8 Å². The molecule has 2 fully saturated rings. The van der Waals surface area contributed by atoms with Gasteiger partial charge in [-0.1, -0.05) is 30.3 Å². The number of hydrogen-bond acceptors (Lipinski definition) is 5. The predicted octanol–water partition coefficient (Wildman–Crippen LogP) is 2.22. The van der Waals surface area contributed by atoms with Crippen LogP contribution in [0.25, 0.3) is 0 Å². The van der Waals surface area contributed by atoms with E-state index >= 15 is 0 Å². The van der Waals surface area contributed by atoms with Crippen LogP contribution in [0.1, 0.15) is 48.8 Å². The number of nitrogens with zero attached hydrogens (tertiary/aromatic N) is 5. The number of aryl methyl sites for hydroxylation is 1. The summed E-state index contributed by atoms with van der Waals surface area (Å²) >= 11 is 0. The third-order valence-corrected chi connectivity index (χ3v) is 6.72. The fourth-order valence-electron chi connectivity index (χ4n) is 4.54. The third-order valence-electron chi connectivity index (χ3n) is 6.72. The molecule has 174 valence electrons. The van der Waals surface area contributed by atoms with Crippen LogP contribution in [0.15, 0.2) is 35.3 Å². The van der Waals surface area contributed by atoms with E-state index in [2.05, 4.69) is 56.1 Å². The van der Waals surface area contributed by atoms with Gasteiger partial charge in [-0.25, -0.2) is 4.99 Å². The lowest BCUT2D eigenvalue weighted by Gasteiger charge is -2.31. The second-order valence-corrected chi connectivity index (χ2v) is 8.87. The van der Waals surface area contributed by atoms with Gasteiger partial charge in [0.1, 0.15) is 12.4 Å². The van der Waals surface area contributed by atoms with Crippen molar-refractivity contribution in [2.75, 3.05) is 39.4 Å². The lowest BCUT2D eigenvalue weighted by molar-refractivity contribution is 0.0389. The summed E-state index contributed by atoms with van der Waals surface area (Å²) < 4.78 is 7.46. The fourth-order valence-corrected chi connectivity index (χ4v) is 4.54. The van der Waals surface area contributed by atoms with Gasteiger partial charge in [-0.2, -0.15) is 0 Å². The van der Waals surface area contributed by atoms with Gasteiger partial charge in [0.2, 0.25) is 0 Å². The Balaban J connectivity index is 1.32. The molecule has 2 heterocycles. The highest BCUT2D eigenvalue weighted by atomic mass is 16.5. The molecule has 1 aromatic heterocycles. The molecule has 2 aliphatic rings. The number of hydrogen-bond donors (Lipinski definition) is 2. The van der Waals surface area contributed by atoms with Crippen molar-refractivity contribution < 1.29 is 4.74 Å². The van der Waals surface area contributed by atoms with Crippen molar-refractivity contribution in [2.45, 2.75) is 51.1 Å². The van der Waals surface area contributed by atoms with Gasteiger partial charge in [-0.15, -0.1) is 10.2 Å². The first kappa shape index (κ1) is 22.7. The number of aromatic nitrogens is 3. The van der Waals surface area contributed by atoms with Crippen LogP contribution in [0.4, 0.5) is 0 Å². The standard InChI is InChI=1S/C24H37N7O/c1-19-28-29-23(30(19)2)18-26-24(25-12-13-31-14-16-32-17-15-31)27-22-10-8-21(9-11-22)20-6-4-3-5-7-20/h3-7,21-22H,8-18H2,1-2H3,(H2,25,26,27). The van der Waals surface area contributed by atoms with E-state index in [-0.39, 0.29) is 0 Å². The molecule has 1 aliphatic heterocycles. The Morgan fingerprint density at radius 3 is 2.53 bits per heavy atom. The van der Waals surface area contributed by atoms with Crippen molar-refractivity contribution in [1.82, 2.24) is 30.3 Å². The Kier molecular flexibility index (Phi) is 8.12. The molecule has 0 bridgehead atoms. The number of benzene rings is 1. The Morgan fingerprint density at radius 1 is 1.09 bits per heavy atom. The van der Waals surface area contributed by atoms with E-state index in [1.165, 1.54) is 18.4 Å². The van der Waals surface area contributed by atoms with Crippen molar-refractivity contribution in [3.63, 3.8) is 0 Å². The van der Waals surface area contributed by atoms with Crippen molar-refractivity contribution in [3.8, 4) is 0 Å². The summed E-state index contributed by atoms with van der Waals surface area (Å²) in [7, 11) is 1.99. The van der Waals surface area contributed by atoms with Gasteiger partial charge < -0.3 is 19.9 Å². The molecule has 2 aromatic rings. The van der Waals surface area contributed by atoms with Gasteiger partial charge in [0, 0.05) is 39.3 Å². The third kappa shape index (κ3) is 6.29. The molecule has 0 amide bonds.